The number of hydrogen-bond donors (Lipinski definition) is 0. The first-order valence-electron chi connectivity index (χ1n) is 9.77. The van der Waals surface area contributed by atoms with Crippen LogP contribution < -0.4 is 4.74 Å². The minimum absolute atomic E-state index is 0.0790. The van der Waals surface area contributed by atoms with Crippen LogP contribution in [-0.2, 0) is 4.79 Å². The van der Waals surface area contributed by atoms with Crippen molar-refractivity contribution in [3.8, 4) is 5.75 Å². The van der Waals surface area contributed by atoms with E-state index in [0.717, 1.165) is 29.9 Å². The summed E-state index contributed by atoms with van der Waals surface area (Å²) in [5.74, 6) is 4.94. The zero-order chi connectivity index (χ0) is 16.5. The first kappa shape index (κ1) is 15.0. The molecule has 2 unspecified atom stereocenters. The fourth-order valence-corrected chi connectivity index (χ4v) is 6.79. The molecule has 2 heteroatoms. The quantitative estimate of drug-likeness (QED) is 0.788. The molecule has 6 rings (SSSR count). The molecular weight excluding hydrogens is 296 g/mol. The number of benzene rings is 1. The SMILES string of the molecule is COc1ccc(C2CC2C(=O)C23CC4CC(CC(C4)C2)C3)cc1C. The molecule has 0 spiro atoms. The zero-order valence-corrected chi connectivity index (χ0v) is 14.9. The lowest BCUT2D eigenvalue weighted by atomic mass is 9.48. The number of carbonyl (C=O) groups is 1. The van der Waals surface area contributed by atoms with E-state index < -0.39 is 0 Å². The smallest absolute Gasteiger partial charge is 0.142 e. The molecular formula is C22H28O2. The van der Waals surface area contributed by atoms with Gasteiger partial charge in [-0.25, -0.2) is 0 Å². The summed E-state index contributed by atoms with van der Waals surface area (Å²) >= 11 is 0. The minimum Gasteiger partial charge on any atom is -0.496 e. The summed E-state index contributed by atoms with van der Waals surface area (Å²) in [7, 11) is 1.72. The van der Waals surface area contributed by atoms with Gasteiger partial charge in [0.25, 0.3) is 0 Å². The zero-order valence-electron chi connectivity index (χ0n) is 14.9. The highest BCUT2D eigenvalue weighted by Crippen LogP contribution is 2.63. The molecule has 5 fully saturated rings. The summed E-state index contributed by atoms with van der Waals surface area (Å²) in [5, 5.41) is 0. The average Bonchev–Trinajstić information content (AvgIpc) is 3.33. The van der Waals surface area contributed by atoms with E-state index >= 15 is 0 Å². The number of ketones is 1. The Kier molecular flexibility index (Phi) is 3.18. The molecule has 0 aromatic heterocycles. The molecule has 5 aliphatic rings. The van der Waals surface area contributed by atoms with Gasteiger partial charge >= 0.3 is 0 Å². The van der Waals surface area contributed by atoms with Gasteiger partial charge in [-0.3, -0.25) is 4.79 Å². The summed E-state index contributed by atoms with van der Waals surface area (Å²) in [5.41, 5.74) is 2.61. The lowest BCUT2D eigenvalue weighted by molar-refractivity contribution is -0.145. The molecule has 0 N–H and O–H groups in total. The van der Waals surface area contributed by atoms with Gasteiger partial charge in [0, 0.05) is 11.3 Å². The van der Waals surface area contributed by atoms with Crippen LogP contribution in [0.2, 0.25) is 0 Å². The first-order valence-corrected chi connectivity index (χ1v) is 9.77. The predicted octanol–water partition coefficient (Wildman–Crippen LogP) is 4.89. The molecule has 0 amide bonds. The maximum atomic E-state index is 13.4. The highest BCUT2D eigenvalue weighted by molar-refractivity contribution is 5.91. The monoisotopic (exact) mass is 324 g/mol. The van der Waals surface area contributed by atoms with Gasteiger partial charge in [0.2, 0.25) is 0 Å². The molecule has 5 saturated carbocycles. The highest BCUT2D eigenvalue weighted by Gasteiger charge is 2.59. The van der Waals surface area contributed by atoms with E-state index in [2.05, 4.69) is 25.1 Å². The molecule has 0 heterocycles. The summed E-state index contributed by atoms with van der Waals surface area (Å²) in [6, 6.07) is 6.47. The van der Waals surface area contributed by atoms with Gasteiger partial charge in [0.05, 0.1) is 7.11 Å². The predicted molar refractivity (Wildman–Crippen MR) is 94.2 cm³/mol. The maximum absolute atomic E-state index is 13.4. The van der Waals surface area contributed by atoms with Crippen LogP contribution in [0.15, 0.2) is 18.2 Å². The second kappa shape index (κ2) is 5.09. The Hall–Kier alpha value is -1.31. The number of Topliss-reactive ketones (excluding diaryl/α,β-unsaturated/α-hetero) is 1. The largest absolute Gasteiger partial charge is 0.496 e. The van der Waals surface area contributed by atoms with Crippen LogP contribution in [0, 0.1) is 36.0 Å². The van der Waals surface area contributed by atoms with Crippen molar-refractivity contribution in [1.29, 1.82) is 0 Å². The molecule has 0 radical (unpaired) electrons. The highest BCUT2D eigenvalue weighted by atomic mass is 16.5. The summed E-state index contributed by atoms with van der Waals surface area (Å²) in [6.07, 6.45) is 8.95. The normalized spacial score (nSPS) is 42.2. The third-order valence-corrected chi connectivity index (χ3v) is 7.54. The lowest BCUT2D eigenvalue weighted by Gasteiger charge is -2.56. The van der Waals surface area contributed by atoms with Crippen LogP contribution in [0.1, 0.15) is 62.0 Å². The number of aryl methyl sites for hydroxylation is 1. The summed E-state index contributed by atoms with van der Waals surface area (Å²) in [6.45, 7) is 2.10. The van der Waals surface area contributed by atoms with Crippen molar-refractivity contribution in [3.05, 3.63) is 29.3 Å². The van der Waals surface area contributed by atoms with Gasteiger partial charge in [0.15, 0.2) is 0 Å². The molecule has 0 saturated heterocycles. The van der Waals surface area contributed by atoms with E-state index in [1.807, 2.05) is 0 Å². The van der Waals surface area contributed by atoms with Crippen molar-refractivity contribution >= 4 is 5.78 Å². The minimum atomic E-state index is 0.0790. The van der Waals surface area contributed by atoms with Crippen molar-refractivity contribution in [2.75, 3.05) is 7.11 Å². The molecule has 128 valence electrons. The number of carbonyl (C=O) groups excluding carboxylic acids is 1. The van der Waals surface area contributed by atoms with Crippen molar-refractivity contribution in [3.63, 3.8) is 0 Å². The molecule has 4 bridgehead atoms. The molecule has 0 aliphatic heterocycles. The Morgan fingerprint density at radius 3 is 2.21 bits per heavy atom. The Balaban J connectivity index is 1.35. The molecule has 1 aromatic rings. The molecule has 2 atom stereocenters. The Morgan fingerprint density at radius 1 is 1.04 bits per heavy atom. The molecule has 2 nitrogen and oxygen atoms in total. The number of methoxy groups -OCH3 is 1. The Morgan fingerprint density at radius 2 is 1.67 bits per heavy atom. The Bertz CT molecular complexity index is 654. The van der Waals surface area contributed by atoms with E-state index in [1.54, 1.807) is 7.11 Å². The second-order valence-electron chi connectivity index (χ2n) is 9.24. The summed E-state index contributed by atoms with van der Waals surface area (Å²) in [4.78, 5) is 13.4. The fraction of sp³-hybridized carbons (Fsp3) is 0.682. The van der Waals surface area contributed by atoms with Crippen LogP contribution in [0.3, 0.4) is 0 Å². The van der Waals surface area contributed by atoms with E-state index in [0.29, 0.717) is 17.6 Å². The average molecular weight is 324 g/mol. The number of hydrogen-bond acceptors (Lipinski definition) is 2. The Labute approximate surface area is 145 Å². The van der Waals surface area contributed by atoms with Crippen LogP contribution in [0.25, 0.3) is 0 Å². The number of rotatable bonds is 4. The third kappa shape index (κ3) is 2.18. The molecule has 1 aromatic carbocycles. The van der Waals surface area contributed by atoms with Gasteiger partial charge in [-0.15, -0.1) is 0 Å². The molecule has 24 heavy (non-hydrogen) atoms. The first-order chi connectivity index (χ1) is 11.6. The van der Waals surface area contributed by atoms with Gasteiger partial charge in [-0.2, -0.15) is 0 Å². The molecule has 5 aliphatic carbocycles. The van der Waals surface area contributed by atoms with Gasteiger partial charge in [-0.05, 0) is 92.7 Å². The van der Waals surface area contributed by atoms with E-state index in [-0.39, 0.29) is 5.41 Å². The van der Waals surface area contributed by atoms with E-state index in [9.17, 15) is 4.79 Å². The van der Waals surface area contributed by atoms with Crippen LogP contribution >= 0.6 is 0 Å². The van der Waals surface area contributed by atoms with Crippen molar-refractivity contribution < 1.29 is 9.53 Å². The van der Waals surface area contributed by atoms with Crippen LogP contribution in [0.5, 0.6) is 5.75 Å². The van der Waals surface area contributed by atoms with Crippen molar-refractivity contribution in [1.82, 2.24) is 0 Å². The summed E-state index contributed by atoms with van der Waals surface area (Å²) < 4.78 is 5.37. The number of ether oxygens (including phenoxy) is 1. The van der Waals surface area contributed by atoms with Crippen molar-refractivity contribution in [2.24, 2.45) is 29.1 Å². The van der Waals surface area contributed by atoms with E-state index in [1.165, 1.54) is 49.7 Å². The fourth-order valence-electron chi connectivity index (χ4n) is 6.79. The van der Waals surface area contributed by atoms with Crippen LogP contribution in [0.4, 0.5) is 0 Å². The lowest BCUT2D eigenvalue weighted by Crippen LogP contribution is -2.50. The third-order valence-electron chi connectivity index (χ3n) is 7.54. The van der Waals surface area contributed by atoms with Gasteiger partial charge in [0.1, 0.15) is 11.5 Å². The van der Waals surface area contributed by atoms with Gasteiger partial charge < -0.3 is 4.74 Å². The van der Waals surface area contributed by atoms with Gasteiger partial charge in [-0.1, -0.05) is 12.1 Å². The van der Waals surface area contributed by atoms with E-state index in [4.69, 9.17) is 4.74 Å². The maximum Gasteiger partial charge on any atom is 0.142 e. The standard InChI is InChI=1S/C22H28O2/c1-13-5-17(3-4-20(13)24-2)18-9-19(18)21(23)22-10-14-6-15(11-22)8-16(7-14)12-22/h3-5,14-16,18-19H,6-12H2,1-2H3. The van der Waals surface area contributed by atoms with Crippen molar-refractivity contribution in [2.45, 2.75) is 57.8 Å². The van der Waals surface area contributed by atoms with Crippen LogP contribution in [-0.4, -0.2) is 12.9 Å². The topological polar surface area (TPSA) is 26.3 Å². The second-order valence-corrected chi connectivity index (χ2v) is 9.24.